The molecule has 3 nitrogen and oxygen atoms in total. The van der Waals surface area contributed by atoms with Gasteiger partial charge in [-0.05, 0) is 13.3 Å². The second kappa shape index (κ2) is 4.08. The monoisotopic (exact) mass is 188 g/mol. The Labute approximate surface area is 77.5 Å². The van der Waals surface area contributed by atoms with E-state index in [2.05, 4.69) is 0 Å². The fourth-order valence-corrected chi connectivity index (χ4v) is 1.75. The first-order valence-corrected chi connectivity index (χ1v) is 4.53. The molecule has 3 unspecified atom stereocenters. The number of nitriles is 1. The number of nitrogens with zero attached hydrogens (tertiary/aromatic N) is 2. The fourth-order valence-electron chi connectivity index (χ4n) is 1.57. The minimum absolute atomic E-state index is 0.248. The molecular formula is C8H13ClN2O. The van der Waals surface area contributed by atoms with Gasteiger partial charge >= 0.3 is 0 Å². The van der Waals surface area contributed by atoms with Crippen LogP contribution in [0.15, 0.2) is 0 Å². The van der Waals surface area contributed by atoms with E-state index in [4.69, 9.17) is 16.9 Å². The maximum absolute atomic E-state index is 9.29. The highest BCUT2D eigenvalue weighted by Gasteiger charge is 2.28. The maximum Gasteiger partial charge on any atom is 0.133 e. The van der Waals surface area contributed by atoms with Crippen molar-refractivity contribution in [1.29, 1.82) is 5.26 Å². The van der Waals surface area contributed by atoms with E-state index in [0.717, 1.165) is 6.42 Å². The van der Waals surface area contributed by atoms with Crippen molar-refractivity contribution >= 4 is 11.6 Å². The Kier molecular flexibility index (Phi) is 3.33. The molecule has 0 aromatic heterocycles. The molecule has 0 saturated carbocycles. The van der Waals surface area contributed by atoms with Crippen molar-refractivity contribution in [3.8, 4) is 6.07 Å². The number of hydrogen-bond acceptors (Lipinski definition) is 3. The van der Waals surface area contributed by atoms with Gasteiger partial charge in [0.25, 0.3) is 0 Å². The van der Waals surface area contributed by atoms with Crippen molar-refractivity contribution in [2.24, 2.45) is 0 Å². The maximum atomic E-state index is 9.29. The Morgan fingerprint density at radius 3 is 2.92 bits per heavy atom. The number of likely N-dealkylation sites (tertiary alicyclic amines) is 1. The number of alkyl halides is 1. The second-order valence-electron chi connectivity index (χ2n) is 3.29. The lowest BCUT2D eigenvalue weighted by Crippen LogP contribution is -2.32. The van der Waals surface area contributed by atoms with E-state index >= 15 is 0 Å². The lowest BCUT2D eigenvalue weighted by molar-refractivity contribution is 0.176. The standard InChI is InChI=1S/C8H13ClN2O/c1-6-2-8(12)5-11(6)4-7(9)3-10/h6-8,12H,2,4-5H2,1H3. The zero-order valence-electron chi connectivity index (χ0n) is 7.07. The molecule has 0 radical (unpaired) electrons. The van der Waals surface area contributed by atoms with Crippen molar-refractivity contribution in [3.63, 3.8) is 0 Å². The molecule has 68 valence electrons. The van der Waals surface area contributed by atoms with Gasteiger partial charge in [0.15, 0.2) is 0 Å². The number of hydrogen-bond donors (Lipinski definition) is 1. The molecule has 0 aromatic rings. The summed E-state index contributed by atoms with van der Waals surface area (Å²) in [7, 11) is 0. The van der Waals surface area contributed by atoms with Crippen LogP contribution < -0.4 is 0 Å². The zero-order valence-corrected chi connectivity index (χ0v) is 7.83. The van der Waals surface area contributed by atoms with Crippen LogP contribution in [0.5, 0.6) is 0 Å². The highest BCUT2D eigenvalue weighted by Crippen LogP contribution is 2.17. The average molecular weight is 189 g/mol. The summed E-state index contributed by atoms with van der Waals surface area (Å²) in [5.41, 5.74) is 0. The van der Waals surface area contributed by atoms with E-state index < -0.39 is 5.38 Å². The molecule has 0 aromatic carbocycles. The lowest BCUT2D eigenvalue weighted by Gasteiger charge is -2.20. The Morgan fingerprint density at radius 2 is 2.50 bits per heavy atom. The summed E-state index contributed by atoms with van der Waals surface area (Å²) in [6, 6.07) is 2.31. The predicted octanol–water partition coefficient (Wildman–Crippen LogP) is 0.572. The highest BCUT2D eigenvalue weighted by atomic mass is 35.5. The highest BCUT2D eigenvalue weighted by molar-refractivity contribution is 6.22. The molecule has 1 rings (SSSR count). The van der Waals surface area contributed by atoms with Gasteiger partial charge in [0.1, 0.15) is 5.38 Å². The topological polar surface area (TPSA) is 47.3 Å². The van der Waals surface area contributed by atoms with Crippen LogP contribution in [0.2, 0.25) is 0 Å². The van der Waals surface area contributed by atoms with Crippen molar-refractivity contribution in [3.05, 3.63) is 0 Å². The molecule has 0 amide bonds. The molecule has 0 bridgehead atoms. The van der Waals surface area contributed by atoms with Gasteiger partial charge in [0, 0.05) is 19.1 Å². The molecule has 1 heterocycles. The average Bonchev–Trinajstić information content (AvgIpc) is 2.30. The smallest absolute Gasteiger partial charge is 0.133 e. The minimum Gasteiger partial charge on any atom is -0.392 e. The summed E-state index contributed by atoms with van der Waals surface area (Å²) >= 11 is 5.67. The van der Waals surface area contributed by atoms with Gasteiger partial charge < -0.3 is 5.11 Å². The number of β-amino-alcohol motifs (C(OH)–C–C–N with tert-alkyl or cyclic N) is 1. The van der Waals surface area contributed by atoms with E-state index in [-0.39, 0.29) is 6.10 Å². The first kappa shape index (κ1) is 9.79. The first-order valence-electron chi connectivity index (χ1n) is 4.09. The fraction of sp³-hybridized carbons (Fsp3) is 0.875. The van der Waals surface area contributed by atoms with Crippen molar-refractivity contribution in [2.45, 2.75) is 30.9 Å². The quantitative estimate of drug-likeness (QED) is 0.645. The van der Waals surface area contributed by atoms with Gasteiger partial charge in [-0.2, -0.15) is 5.26 Å². The SMILES string of the molecule is CC1CC(O)CN1CC(Cl)C#N. The Hall–Kier alpha value is -0.300. The summed E-state index contributed by atoms with van der Waals surface area (Å²) in [6.45, 7) is 3.24. The number of halogens is 1. The van der Waals surface area contributed by atoms with Crippen LogP contribution in [0, 0.1) is 11.3 Å². The van der Waals surface area contributed by atoms with Crippen LogP contribution >= 0.6 is 11.6 Å². The van der Waals surface area contributed by atoms with Crippen molar-refractivity contribution in [1.82, 2.24) is 4.90 Å². The Morgan fingerprint density at radius 1 is 1.83 bits per heavy atom. The molecule has 1 aliphatic heterocycles. The van der Waals surface area contributed by atoms with Gasteiger partial charge in [-0.3, -0.25) is 4.90 Å². The van der Waals surface area contributed by atoms with E-state index in [1.165, 1.54) is 0 Å². The Balaban J connectivity index is 2.39. The normalized spacial score (nSPS) is 33.2. The molecule has 0 aliphatic carbocycles. The zero-order chi connectivity index (χ0) is 9.14. The molecule has 1 N–H and O–H groups in total. The summed E-state index contributed by atoms with van der Waals surface area (Å²) in [6.07, 6.45) is 0.539. The van der Waals surface area contributed by atoms with Crippen LogP contribution in [0.3, 0.4) is 0 Å². The summed E-state index contributed by atoms with van der Waals surface area (Å²) in [5.74, 6) is 0. The van der Waals surface area contributed by atoms with Gasteiger partial charge in [0.2, 0.25) is 0 Å². The number of aliphatic hydroxyl groups is 1. The molecule has 0 spiro atoms. The predicted molar refractivity (Wildman–Crippen MR) is 46.9 cm³/mol. The third-order valence-electron chi connectivity index (χ3n) is 2.22. The van der Waals surface area contributed by atoms with Crippen LogP contribution in [0.4, 0.5) is 0 Å². The number of aliphatic hydroxyl groups excluding tert-OH is 1. The van der Waals surface area contributed by atoms with Gasteiger partial charge in [-0.25, -0.2) is 0 Å². The van der Waals surface area contributed by atoms with E-state index in [9.17, 15) is 5.11 Å². The minimum atomic E-state index is -0.460. The summed E-state index contributed by atoms with van der Waals surface area (Å²) in [5, 5.41) is 17.3. The van der Waals surface area contributed by atoms with Gasteiger partial charge in [-0.1, -0.05) is 0 Å². The molecule has 1 aliphatic rings. The molecule has 4 heteroatoms. The van der Waals surface area contributed by atoms with Crippen LogP contribution in [0.1, 0.15) is 13.3 Å². The van der Waals surface area contributed by atoms with Crippen LogP contribution in [0.25, 0.3) is 0 Å². The van der Waals surface area contributed by atoms with E-state index in [1.807, 2.05) is 17.9 Å². The van der Waals surface area contributed by atoms with Gasteiger partial charge in [0.05, 0.1) is 12.2 Å². The largest absolute Gasteiger partial charge is 0.392 e. The second-order valence-corrected chi connectivity index (χ2v) is 3.82. The molecule has 1 fully saturated rings. The van der Waals surface area contributed by atoms with Crippen molar-refractivity contribution in [2.75, 3.05) is 13.1 Å². The van der Waals surface area contributed by atoms with E-state index in [0.29, 0.717) is 19.1 Å². The van der Waals surface area contributed by atoms with Crippen LogP contribution in [-0.4, -0.2) is 40.6 Å². The van der Waals surface area contributed by atoms with Crippen molar-refractivity contribution < 1.29 is 5.11 Å². The van der Waals surface area contributed by atoms with Gasteiger partial charge in [-0.15, -0.1) is 11.6 Å². The van der Waals surface area contributed by atoms with E-state index in [1.54, 1.807) is 0 Å². The Bertz CT molecular complexity index is 192. The number of rotatable bonds is 2. The molecule has 1 saturated heterocycles. The summed E-state index contributed by atoms with van der Waals surface area (Å²) in [4.78, 5) is 2.05. The molecular weight excluding hydrogens is 176 g/mol. The molecule has 3 atom stereocenters. The third-order valence-corrected chi connectivity index (χ3v) is 2.45. The third kappa shape index (κ3) is 2.34. The molecule has 12 heavy (non-hydrogen) atoms. The summed E-state index contributed by atoms with van der Waals surface area (Å²) < 4.78 is 0. The first-order chi connectivity index (χ1) is 5.63. The lowest BCUT2D eigenvalue weighted by atomic mass is 10.2. The van der Waals surface area contributed by atoms with Crippen LogP contribution in [-0.2, 0) is 0 Å².